The Morgan fingerprint density at radius 3 is 2.38 bits per heavy atom. The van der Waals surface area contributed by atoms with Gasteiger partial charge in [0.15, 0.2) is 5.79 Å². The second-order valence-electron chi connectivity index (χ2n) is 3.78. The van der Waals surface area contributed by atoms with Gasteiger partial charge in [0.05, 0.1) is 19.8 Å². The molecule has 0 aromatic carbocycles. The second kappa shape index (κ2) is 3.53. The minimum Gasteiger partial charge on any atom is -0.396 e. The van der Waals surface area contributed by atoms with E-state index in [1.165, 1.54) is 0 Å². The van der Waals surface area contributed by atoms with E-state index in [2.05, 4.69) is 0 Å². The van der Waals surface area contributed by atoms with Crippen LogP contribution < -0.4 is 0 Å². The standard InChI is InChI=1S/C9H16O4/c10-5-7-1-2-9(8(7)6-11)12-3-4-13-9/h7-8,10-11H,1-6H2/t7-,8-/m0/s1. The lowest BCUT2D eigenvalue weighted by Gasteiger charge is -2.30. The van der Waals surface area contributed by atoms with Gasteiger partial charge in [-0.2, -0.15) is 0 Å². The van der Waals surface area contributed by atoms with E-state index in [0.717, 1.165) is 12.8 Å². The molecule has 0 radical (unpaired) electrons. The fourth-order valence-electron chi connectivity index (χ4n) is 2.47. The van der Waals surface area contributed by atoms with Gasteiger partial charge in [-0.05, 0) is 12.3 Å². The maximum Gasteiger partial charge on any atom is 0.173 e. The summed E-state index contributed by atoms with van der Waals surface area (Å²) in [5.41, 5.74) is 0. The maximum absolute atomic E-state index is 9.22. The third-order valence-electron chi connectivity index (χ3n) is 3.20. The Balaban J connectivity index is 2.11. The Morgan fingerprint density at radius 1 is 1.15 bits per heavy atom. The van der Waals surface area contributed by atoms with Gasteiger partial charge in [0.25, 0.3) is 0 Å². The summed E-state index contributed by atoms with van der Waals surface area (Å²) >= 11 is 0. The van der Waals surface area contributed by atoms with E-state index >= 15 is 0 Å². The third kappa shape index (κ3) is 1.38. The van der Waals surface area contributed by atoms with Gasteiger partial charge in [-0.15, -0.1) is 0 Å². The van der Waals surface area contributed by atoms with Crippen molar-refractivity contribution in [2.45, 2.75) is 18.6 Å². The molecule has 1 saturated carbocycles. The van der Waals surface area contributed by atoms with Crippen molar-refractivity contribution in [3.63, 3.8) is 0 Å². The van der Waals surface area contributed by atoms with Crippen molar-refractivity contribution < 1.29 is 19.7 Å². The minimum absolute atomic E-state index is 0.0330. The normalized spacial score (nSPS) is 37.4. The molecule has 2 fully saturated rings. The second-order valence-corrected chi connectivity index (χ2v) is 3.78. The van der Waals surface area contributed by atoms with Crippen LogP contribution in [0.3, 0.4) is 0 Å². The molecule has 2 N–H and O–H groups in total. The first-order chi connectivity index (χ1) is 6.32. The largest absolute Gasteiger partial charge is 0.396 e. The number of aliphatic hydroxyl groups is 2. The summed E-state index contributed by atoms with van der Waals surface area (Å²) in [5.74, 6) is -0.509. The van der Waals surface area contributed by atoms with Gasteiger partial charge in [-0.25, -0.2) is 0 Å². The molecule has 1 spiro atoms. The lowest BCUT2D eigenvalue weighted by atomic mass is 9.94. The number of hydrogen-bond acceptors (Lipinski definition) is 4. The first-order valence-electron chi connectivity index (χ1n) is 4.82. The summed E-state index contributed by atoms with van der Waals surface area (Å²) in [7, 11) is 0. The van der Waals surface area contributed by atoms with E-state index < -0.39 is 5.79 Å². The molecular weight excluding hydrogens is 172 g/mol. The van der Waals surface area contributed by atoms with Crippen molar-refractivity contribution >= 4 is 0 Å². The molecule has 0 bridgehead atoms. The van der Waals surface area contributed by atoms with Crippen molar-refractivity contribution in [1.82, 2.24) is 0 Å². The third-order valence-corrected chi connectivity index (χ3v) is 3.20. The van der Waals surface area contributed by atoms with E-state index in [-0.39, 0.29) is 25.0 Å². The van der Waals surface area contributed by atoms with Crippen LogP contribution in [0.2, 0.25) is 0 Å². The quantitative estimate of drug-likeness (QED) is 0.627. The molecule has 13 heavy (non-hydrogen) atoms. The molecule has 76 valence electrons. The monoisotopic (exact) mass is 188 g/mol. The van der Waals surface area contributed by atoms with Crippen LogP contribution in [-0.2, 0) is 9.47 Å². The van der Waals surface area contributed by atoms with E-state index in [1.807, 2.05) is 0 Å². The van der Waals surface area contributed by atoms with Crippen LogP contribution in [0.25, 0.3) is 0 Å². The summed E-state index contributed by atoms with van der Waals surface area (Å²) in [4.78, 5) is 0. The van der Waals surface area contributed by atoms with Gasteiger partial charge < -0.3 is 19.7 Å². The van der Waals surface area contributed by atoms with Crippen molar-refractivity contribution in [1.29, 1.82) is 0 Å². The van der Waals surface area contributed by atoms with Crippen molar-refractivity contribution in [3.05, 3.63) is 0 Å². The Bertz CT molecular complexity index is 176. The molecular formula is C9H16O4. The Kier molecular flexibility index (Phi) is 2.55. The van der Waals surface area contributed by atoms with Gasteiger partial charge in [0.2, 0.25) is 0 Å². The van der Waals surface area contributed by atoms with Crippen molar-refractivity contribution in [3.8, 4) is 0 Å². The molecule has 1 heterocycles. The summed E-state index contributed by atoms with van der Waals surface area (Å²) in [6.45, 7) is 1.36. The highest BCUT2D eigenvalue weighted by Crippen LogP contribution is 2.45. The predicted molar refractivity (Wildman–Crippen MR) is 45.0 cm³/mol. The zero-order valence-corrected chi connectivity index (χ0v) is 7.61. The molecule has 0 aromatic rings. The highest BCUT2D eigenvalue weighted by Gasteiger charge is 2.52. The molecule has 0 amide bonds. The molecule has 2 rings (SSSR count). The first kappa shape index (κ1) is 9.40. The minimum atomic E-state index is -0.581. The average Bonchev–Trinajstić information content (AvgIpc) is 2.74. The number of hydrogen-bond donors (Lipinski definition) is 2. The maximum atomic E-state index is 9.22. The highest BCUT2D eigenvalue weighted by atomic mass is 16.7. The molecule has 0 unspecified atom stereocenters. The summed E-state index contributed by atoms with van der Waals surface area (Å²) in [6, 6.07) is 0. The number of rotatable bonds is 2. The molecule has 1 aliphatic carbocycles. The number of ether oxygens (including phenoxy) is 2. The molecule has 2 aliphatic rings. The van der Waals surface area contributed by atoms with Gasteiger partial charge in [0.1, 0.15) is 0 Å². The molecule has 2 atom stereocenters. The van der Waals surface area contributed by atoms with Crippen LogP contribution in [0.1, 0.15) is 12.8 Å². The van der Waals surface area contributed by atoms with Crippen LogP contribution in [0, 0.1) is 11.8 Å². The van der Waals surface area contributed by atoms with E-state index in [4.69, 9.17) is 14.6 Å². The van der Waals surface area contributed by atoms with Gasteiger partial charge in [-0.1, -0.05) is 0 Å². The highest BCUT2D eigenvalue weighted by molar-refractivity contribution is 4.93. The van der Waals surface area contributed by atoms with Crippen LogP contribution in [-0.4, -0.2) is 42.4 Å². The van der Waals surface area contributed by atoms with Gasteiger partial charge >= 0.3 is 0 Å². The zero-order chi connectivity index (χ0) is 9.31. The van der Waals surface area contributed by atoms with Crippen molar-refractivity contribution in [2.24, 2.45) is 11.8 Å². The molecule has 4 nitrogen and oxygen atoms in total. The predicted octanol–water partition coefficient (Wildman–Crippen LogP) is -0.260. The topological polar surface area (TPSA) is 58.9 Å². The van der Waals surface area contributed by atoms with Crippen LogP contribution >= 0.6 is 0 Å². The summed E-state index contributed by atoms with van der Waals surface area (Å²) in [5, 5.41) is 18.3. The van der Waals surface area contributed by atoms with Crippen molar-refractivity contribution in [2.75, 3.05) is 26.4 Å². The summed E-state index contributed by atoms with van der Waals surface area (Å²) < 4.78 is 11.1. The van der Waals surface area contributed by atoms with Crippen LogP contribution in [0.5, 0.6) is 0 Å². The van der Waals surface area contributed by atoms with Gasteiger partial charge in [-0.3, -0.25) is 0 Å². The van der Waals surface area contributed by atoms with Crippen LogP contribution in [0.4, 0.5) is 0 Å². The number of aliphatic hydroxyl groups excluding tert-OH is 2. The van der Waals surface area contributed by atoms with E-state index in [0.29, 0.717) is 13.2 Å². The van der Waals surface area contributed by atoms with E-state index in [9.17, 15) is 5.11 Å². The lowest BCUT2D eigenvalue weighted by Crippen LogP contribution is -2.39. The average molecular weight is 188 g/mol. The molecule has 4 heteroatoms. The fraction of sp³-hybridized carbons (Fsp3) is 1.00. The fourth-order valence-corrected chi connectivity index (χ4v) is 2.47. The Labute approximate surface area is 77.5 Å². The Morgan fingerprint density at radius 2 is 1.85 bits per heavy atom. The molecule has 1 aliphatic heterocycles. The zero-order valence-electron chi connectivity index (χ0n) is 7.61. The summed E-state index contributed by atoms with van der Waals surface area (Å²) in [6.07, 6.45) is 1.67. The Hall–Kier alpha value is -0.160. The smallest absolute Gasteiger partial charge is 0.173 e. The first-order valence-corrected chi connectivity index (χ1v) is 4.82. The van der Waals surface area contributed by atoms with E-state index in [1.54, 1.807) is 0 Å². The SMILES string of the molecule is OC[C@@H]1CCC2(OCCO2)[C@H]1CO. The van der Waals surface area contributed by atoms with Crippen LogP contribution in [0.15, 0.2) is 0 Å². The van der Waals surface area contributed by atoms with Gasteiger partial charge in [0, 0.05) is 18.9 Å². The molecule has 1 saturated heterocycles. The molecule has 0 aromatic heterocycles. The lowest BCUT2D eigenvalue weighted by molar-refractivity contribution is -0.195.